The minimum Gasteiger partial charge on any atom is -0.550 e. The number of carbonyl (C=O) groups excluding carboxylic acids is 2. The summed E-state index contributed by atoms with van der Waals surface area (Å²) in [5, 5.41) is 40.4. The third-order valence-corrected chi connectivity index (χ3v) is 4.14. The fourth-order valence-electron chi connectivity index (χ4n) is 2.44. The summed E-state index contributed by atoms with van der Waals surface area (Å²) in [6, 6.07) is 0. The second-order valence-corrected chi connectivity index (χ2v) is 5.98. The molecule has 0 spiro atoms. The zero-order valence-corrected chi connectivity index (χ0v) is 16.8. The average Bonchev–Trinajstić information content (AvgIpc) is 2.54. The van der Waals surface area contributed by atoms with E-state index in [1.54, 1.807) is 12.2 Å². The number of allylic oxidation sites excluding steroid dienone is 4. The van der Waals surface area contributed by atoms with Crippen molar-refractivity contribution in [1.29, 1.82) is 0 Å². The van der Waals surface area contributed by atoms with E-state index in [9.17, 15) is 39.6 Å². The Bertz CT molecular complexity index is 574. The van der Waals surface area contributed by atoms with Crippen molar-refractivity contribution in [3.05, 3.63) is 24.3 Å². The van der Waals surface area contributed by atoms with Crippen molar-refractivity contribution in [1.82, 2.24) is 0 Å². The van der Waals surface area contributed by atoms with Gasteiger partial charge in [-0.25, -0.2) is 0 Å². The minimum atomic E-state index is -1.55. The molecule has 0 fully saturated rings. The van der Waals surface area contributed by atoms with Gasteiger partial charge in [-0.1, -0.05) is 38.2 Å². The van der Waals surface area contributed by atoms with Crippen molar-refractivity contribution in [2.24, 2.45) is 23.7 Å². The predicted octanol–water partition coefficient (Wildman–Crippen LogP) is -6.16. The molecule has 4 atom stereocenters. The Morgan fingerprint density at radius 3 is 1.39 bits per heavy atom. The van der Waals surface area contributed by atoms with Crippen LogP contribution in [0.4, 0.5) is 0 Å². The van der Waals surface area contributed by atoms with Gasteiger partial charge in [-0.3, -0.25) is 9.59 Å². The number of rotatable bonds is 13. The zero-order chi connectivity index (χ0) is 20.3. The molecule has 0 amide bonds. The van der Waals surface area contributed by atoms with Gasteiger partial charge in [-0.2, -0.15) is 0 Å². The predicted molar refractivity (Wildman–Crippen MR) is 87.3 cm³/mol. The molecule has 0 aliphatic heterocycles. The molecule has 0 rings (SSSR count). The average molecular weight is 382 g/mol. The summed E-state index contributed by atoms with van der Waals surface area (Å²) in [5.74, 6) is -10.5. The van der Waals surface area contributed by atoms with Crippen LogP contribution in [0, 0.1) is 23.7 Å². The molecule has 2 N–H and O–H groups in total. The molecule has 0 aliphatic rings. The molecule has 0 bridgehead atoms. The molecule has 8 nitrogen and oxygen atoms in total. The van der Waals surface area contributed by atoms with Crippen LogP contribution in [0.3, 0.4) is 0 Å². The second kappa shape index (κ2) is 16.5. The molecule has 0 saturated carbocycles. The Hall–Kier alpha value is -1.45. The molecule has 0 aromatic carbocycles. The van der Waals surface area contributed by atoms with E-state index in [0.29, 0.717) is 6.42 Å². The quantitative estimate of drug-likeness (QED) is 0.236. The van der Waals surface area contributed by atoms with E-state index in [1.807, 2.05) is 6.92 Å². The fraction of sp³-hybridized carbons (Fsp3) is 0.556. The zero-order valence-electron chi connectivity index (χ0n) is 16.8. The first-order chi connectivity index (χ1) is 12.1. The summed E-state index contributed by atoms with van der Waals surface area (Å²) in [4.78, 5) is 44.6. The van der Waals surface area contributed by atoms with Gasteiger partial charge >= 0.3 is 49.7 Å². The monoisotopic (exact) mass is 382 g/mol. The molecule has 28 heavy (non-hydrogen) atoms. The van der Waals surface area contributed by atoms with Crippen LogP contribution < -0.4 is 47.9 Å². The van der Waals surface area contributed by atoms with Crippen molar-refractivity contribution in [2.75, 3.05) is 0 Å². The Kier molecular flexibility index (Phi) is 18.4. The summed E-state index contributed by atoms with van der Waals surface area (Å²) in [7, 11) is 0. The Labute approximate surface area is 188 Å². The van der Waals surface area contributed by atoms with Crippen molar-refractivity contribution in [3.8, 4) is 0 Å². The van der Waals surface area contributed by atoms with Crippen LogP contribution >= 0.6 is 0 Å². The molecule has 0 aliphatic carbocycles. The van der Waals surface area contributed by atoms with Crippen molar-refractivity contribution in [3.63, 3.8) is 0 Å². The number of carboxylic acid groups (broad SMARTS) is 4. The first kappa shape index (κ1) is 31.3. The van der Waals surface area contributed by atoms with Gasteiger partial charge in [-0.05, 0) is 25.7 Å². The molecule has 10 heteroatoms. The van der Waals surface area contributed by atoms with Crippen LogP contribution in [0.5, 0.6) is 0 Å². The van der Waals surface area contributed by atoms with Gasteiger partial charge < -0.3 is 30.0 Å². The second-order valence-electron chi connectivity index (χ2n) is 5.98. The Morgan fingerprint density at radius 2 is 1.11 bits per heavy atom. The van der Waals surface area contributed by atoms with Crippen molar-refractivity contribution >= 4 is 23.9 Å². The molecular weight excluding hydrogens is 358 g/mol. The smallest absolute Gasteiger partial charge is 0.550 e. The molecule has 146 valence electrons. The van der Waals surface area contributed by atoms with E-state index >= 15 is 0 Å². The SMILES string of the molecule is CCC=CCC(C(=O)O)C(CC=CCC(C(=O)[O-])C(C)C(=O)[O-])C(=O)O.[Li+].[Li+]. The van der Waals surface area contributed by atoms with Crippen molar-refractivity contribution < 1.29 is 77.3 Å². The maximum absolute atomic E-state index is 11.4. The molecule has 0 radical (unpaired) electrons. The molecule has 0 aromatic heterocycles. The Balaban J connectivity index is -0.00000312. The summed E-state index contributed by atoms with van der Waals surface area (Å²) >= 11 is 0. The maximum atomic E-state index is 11.4. The Morgan fingerprint density at radius 1 is 0.750 bits per heavy atom. The van der Waals surface area contributed by atoms with Crippen LogP contribution in [-0.2, 0) is 19.2 Å². The van der Waals surface area contributed by atoms with Crippen molar-refractivity contribution in [2.45, 2.75) is 39.5 Å². The van der Waals surface area contributed by atoms with Gasteiger partial charge in [0.1, 0.15) is 0 Å². The minimum absolute atomic E-state index is 0. The van der Waals surface area contributed by atoms with Crippen LogP contribution in [0.15, 0.2) is 24.3 Å². The van der Waals surface area contributed by atoms with Crippen LogP contribution in [-0.4, -0.2) is 34.1 Å². The van der Waals surface area contributed by atoms with Gasteiger partial charge in [-0.15, -0.1) is 0 Å². The van der Waals surface area contributed by atoms with E-state index in [-0.39, 0.29) is 57.0 Å². The number of aliphatic carboxylic acids is 4. The third kappa shape index (κ3) is 11.4. The normalized spacial score (nSPS) is 15.1. The maximum Gasteiger partial charge on any atom is 1.00 e. The van der Waals surface area contributed by atoms with E-state index in [1.165, 1.54) is 19.1 Å². The van der Waals surface area contributed by atoms with Gasteiger partial charge in [0.15, 0.2) is 0 Å². The largest absolute Gasteiger partial charge is 1.00 e. The summed E-state index contributed by atoms with van der Waals surface area (Å²) in [6.45, 7) is 3.05. The fourth-order valence-corrected chi connectivity index (χ4v) is 2.44. The summed E-state index contributed by atoms with van der Waals surface area (Å²) < 4.78 is 0. The summed E-state index contributed by atoms with van der Waals surface area (Å²) in [5.41, 5.74) is 0. The van der Waals surface area contributed by atoms with Crippen LogP contribution in [0.1, 0.15) is 39.5 Å². The molecule has 0 saturated heterocycles. The van der Waals surface area contributed by atoms with Crippen LogP contribution in [0.25, 0.3) is 0 Å². The number of carbonyl (C=O) groups is 4. The molecule has 0 aromatic rings. The van der Waals surface area contributed by atoms with Gasteiger partial charge in [0.2, 0.25) is 0 Å². The molecule has 0 heterocycles. The van der Waals surface area contributed by atoms with Gasteiger partial charge in [0.25, 0.3) is 0 Å². The molecular formula is C18H24Li2O8. The topological polar surface area (TPSA) is 155 Å². The third-order valence-electron chi connectivity index (χ3n) is 4.14. The van der Waals surface area contributed by atoms with E-state index < -0.39 is 47.5 Å². The standard InChI is InChI=1S/C18H26O8.2Li/c1-3-4-5-9-13(17(23)24)14(18(25)26)10-7-6-8-12(16(21)22)11(2)15(19)20;;/h4-7,11-14H,3,8-10H2,1-2H3,(H,19,20)(H,21,22)(H,23,24)(H,25,26);;/q;2*+1/p-2. The molecule has 4 unspecified atom stereocenters. The van der Waals surface area contributed by atoms with E-state index in [4.69, 9.17) is 0 Å². The number of carboxylic acids is 4. The van der Waals surface area contributed by atoms with E-state index in [2.05, 4.69) is 0 Å². The van der Waals surface area contributed by atoms with Crippen LogP contribution in [0.2, 0.25) is 0 Å². The van der Waals surface area contributed by atoms with Gasteiger partial charge in [0, 0.05) is 23.8 Å². The van der Waals surface area contributed by atoms with E-state index in [0.717, 1.165) is 0 Å². The first-order valence-corrected chi connectivity index (χ1v) is 8.30. The van der Waals surface area contributed by atoms with Gasteiger partial charge in [0.05, 0.1) is 11.8 Å². The number of hydrogen-bond donors (Lipinski definition) is 2. The first-order valence-electron chi connectivity index (χ1n) is 8.30. The number of hydrogen-bond acceptors (Lipinski definition) is 6. The summed E-state index contributed by atoms with van der Waals surface area (Å²) in [6.07, 6.45) is 6.51.